The average Bonchev–Trinajstić information content (AvgIpc) is 3.41. The van der Waals surface area contributed by atoms with E-state index in [9.17, 15) is 13.6 Å². The van der Waals surface area contributed by atoms with E-state index in [0.29, 0.717) is 6.54 Å². The number of amides is 1. The first kappa shape index (κ1) is 16.7. The van der Waals surface area contributed by atoms with Crippen molar-refractivity contribution < 1.29 is 18.3 Å². The molecule has 1 saturated carbocycles. The number of carbonyl (C=O) groups is 1. The molecule has 0 radical (unpaired) electrons. The number of rotatable bonds is 5. The molecule has 3 nitrogen and oxygen atoms in total. The molecule has 0 heterocycles. The summed E-state index contributed by atoms with van der Waals surface area (Å²) < 4.78 is 31.8. The lowest BCUT2D eigenvalue weighted by atomic mass is 10.1. The molecule has 1 amide bonds. The molecule has 0 bridgehead atoms. The van der Waals surface area contributed by atoms with Gasteiger partial charge in [0.1, 0.15) is 5.75 Å². The van der Waals surface area contributed by atoms with Crippen molar-refractivity contribution in [2.75, 3.05) is 7.11 Å². The molecule has 1 fully saturated rings. The summed E-state index contributed by atoms with van der Waals surface area (Å²) in [5.41, 5.74) is 0.908. The van der Waals surface area contributed by atoms with E-state index in [1.807, 2.05) is 24.3 Å². The first-order chi connectivity index (χ1) is 11.5. The fraction of sp³-hybridized carbons (Fsp3) is 0.278. The Kier molecular flexibility index (Phi) is 4.71. The maximum absolute atomic E-state index is 13.5. The molecule has 0 aromatic heterocycles. The van der Waals surface area contributed by atoms with Gasteiger partial charge in [0.2, 0.25) is 0 Å². The van der Waals surface area contributed by atoms with Gasteiger partial charge in [-0.3, -0.25) is 4.79 Å². The molecule has 24 heavy (non-hydrogen) atoms. The molecule has 0 atom stereocenters. The van der Waals surface area contributed by atoms with Crippen molar-refractivity contribution >= 4 is 17.5 Å². The summed E-state index contributed by atoms with van der Waals surface area (Å²) in [5, 5.41) is -0.0840. The van der Waals surface area contributed by atoms with Crippen LogP contribution < -0.4 is 4.74 Å². The maximum atomic E-state index is 13.5. The summed E-state index contributed by atoms with van der Waals surface area (Å²) in [6.45, 7) is 0.378. The monoisotopic (exact) mass is 351 g/mol. The Morgan fingerprint density at radius 3 is 2.42 bits per heavy atom. The maximum Gasteiger partial charge on any atom is 0.256 e. The number of methoxy groups -OCH3 is 1. The summed E-state index contributed by atoms with van der Waals surface area (Å²) in [5.74, 6) is -1.81. The Labute approximate surface area is 143 Å². The minimum Gasteiger partial charge on any atom is -0.497 e. The molecule has 0 saturated heterocycles. The lowest BCUT2D eigenvalue weighted by molar-refractivity contribution is 0.0729. The van der Waals surface area contributed by atoms with Crippen molar-refractivity contribution in [3.8, 4) is 5.75 Å². The van der Waals surface area contributed by atoms with Gasteiger partial charge in [-0.05, 0) is 42.7 Å². The number of benzene rings is 2. The van der Waals surface area contributed by atoms with E-state index in [2.05, 4.69) is 0 Å². The predicted octanol–water partition coefficient (Wildman–Crippen LogP) is 4.43. The van der Waals surface area contributed by atoms with Crippen molar-refractivity contribution in [3.05, 3.63) is 64.2 Å². The third-order valence-corrected chi connectivity index (χ3v) is 4.31. The third kappa shape index (κ3) is 3.51. The summed E-state index contributed by atoms with van der Waals surface area (Å²) >= 11 is 5.94. The van der Waals surface area contributed by atoms with Crippen LogP contribution in [0.15, 0.2) is 36.4 Å². The lowest BCUT2D eigenvalue weighted by Gasteiger charge is -2.23. The Bertz CT molecular complexity index is 760. The van der Waals surface area contributed by atoms with Crippen molar-refractivity contribution in [2.45, 2.75) is 25.4 Å². The Balaban J connectivity index is 1.85. The van der Waals surface area contributed by atoms with E-state index >= 15 is 0 Å². The summed E-state index contributed by atoms with van der Waals surface area (Å²) in [6, 6.07) is 9.17. The molecular formula is C18H16ClF2NO2. The molecule has 0 N–H and O–H groups in total. The average molecular weight is 352 g/mol. The molecule has 0 unspecified atom stereocenters. The van der Waals surface area contributed by atoms with Gasteiger partial charge in [0.15, 0.2) is 11.6 Å². The smallest absolute Gasteiger partial charge is 0.256 e. The molecule has 2 aromatic carbocycles. The first-order valence-corrected chi connectivity index (χ1v) is 7.96. The molecular weight excluding hydrogens is 336 g/mol. The van der Waals surface area contributed by atoms with Gasteiger partial charge in [0.25, 0.3) is 5.91 Å². The highest BCUT2D eigenvalue weighted by Gasteiger charge is 2.34. The zero-order valence-electron chi connectivity index (χ0n) is 13.1. The van der Waals surface area contributed by atoms with Gasteiger partial charge in [-0.1, -0.05) is 23.7 Å². The SMILES string of the molecule is COc1ccc(CN(C(=O)c2cc(F)c(F)cc2Cl)C2CC2)cc1. The number of halogens is 3. The van der Waals surface area contributed by atoms with Crippen LogP contribution in [0, 0.1) is 11.6 Å². The highest BCUT2D eigenvalue weighted by atomic mass is 35.5. The molecule has 3 rings (SSSR count). The molecule has 0 spiro atoms. The molecule has 6 heteroatoms. The number of ether oxygens (including phenoxy) is 1. The Hall–Kier alpha value is -2.14. The van der Waals surface area contributed by atoms with E-state index in [-0.39, 0.29) is 16.6 Å². The van der Waals surface area contributed by atoms with E-state index in [1.54, 1.807) is 12.0 Å². The quantitative estimate of drug-likeness (QED) is 0.746. The number of hydrogen-bond donors (Lipinski definition) is 0. The minimum absolute atomic E-state index is 0.0176. The van der Waals surface area contributed by atoms with Gasteiger partial charge >= 0.3 is 0 Å². The fourth-order valence-corrected chi connectivity index (χ4v) is 2.75. The Morgan fingerprint density at radius 1 is 1.21 bits per heavy atom. The summed E-state index contributed by atoms with van der Waals surface area (Å²) in [7, 11) is 1.58. The Morgan fingerprint density at radius 2 is 1.83 bits per heavy atom. The van der Waals surface area contributed by atoms with E-state index < -0.39 is 17.5 Å². The number of carbonyl (C=O) groups excluding carboxylic acids is 1. The van der Waals surface area contributed by atoms with Crippen LogP contribution in [0.3, 0.4) is 0 Å². The molecule has 1 aliphatic rings. The van der Waals surface area contributed by atoms with Crippen LogP contribution in [0.1, 0.15) is 28.8 Å². The standard InChI is InChI=1S/C18H16ClF2NO2/c1-24-13-6-2-11(3-7-13)10-22(12-4-5-12)18(23)14-8-16(20)17(21)9-15(14)19/h2-3,6-9,12H,4-5,10H2,1H3. The van der Waals surface area contributed by atoms with Crippen LogP contribution in [0.25, 0.3) is 0 Å². The second-order valence-electron chi connectivity index (χ2n) is 5.76. The van der Waals surface area contributed by atoms with E-state index in [4.69, 9.17) is 16.3 Å². The molecule has 0 aliphatic heterocycles. The highest BCUT2D eigenvalue weighted by Crippen LogP contribution is 2.32. The van der Waals surface area contributed by atoms with E-state index in [1.165, 1.54) is 0 Å². The second kappa shape index (κ2) is 6.77. The van der Waals surface area contributed by atoms with Crippen molar-refractivity contribution in [1.82, 2.24) is 4.90 Å². The van der Waals surface area contributed by atoms with Gasteiger partial charge in [0, 0.05) is 12.6 Å². The van der Waals surface area contributed by atoms with Gasteiger partial charge in [-0.2, -0.15) is 0 Å². The summed E-state index contributed by atoms with van der Waals surface area (Å²) in [4.78, 5) is 14.4. The topological polar surface area (TPSA) is 29.5 Å². The number of nitrogens with zero attached hydrogens (tertiary/aromatic N) is 1. The predicted molar refractivity (Wildman–Crippen MR) is 87.3 cm³/mol. The van der Waals surface area contributed by atoms with Crippen molar-refractivity contribution in [3.63, 3.8) is 0 Å². The van der Waals surface area contributed by atoms with Gasteiger partial charge in [-0.25, -0.2) is 8.78 Å². The lowest BCUT2D eigenvalue weighted by Crippen LogP contribution is -2.33. The molecule has 2 aromatic rings. The molecule has 1 aliphatic carbocycles. The van der Waals surface area contributed by atoms with Crippen LogP contribution in [0.5, 0.6) is 5.75 Å². The highest BCUT2D eigenvalue weighted by molar-refractivity contribution is 6.33. The first-order valence-electron chi connectivity index (χ1n) is 7.58. The largest absolute Gasteiger partial charge is 0.497 e. The van der Waals surface area contributed by atoms with Crippen LogP contribution in [0.2, 0.25) is 5.02 Å². The van der Waals surface area contributed by atoms with E-state index in [0.717, 1.165) is 36.3 Å². The van der Waals surface area contributed by atoms with Crippen molar-refractivity contribution in [2.24, 2.45) is 0 Å². The van der Waals surface area contributed by atoms with Crippen LogP contribution in [-0.2, 0) is 6.54 Å². The van der Waals surface area contributed by atoms with Crippen LogP contribution in [-0.4, -0.2) is 24.0 Å². The molecule has 126 valence electrons. The fourth-order valence-electron chi connectivity index (χ4n) is 2.52. The third-order valence-electron chi connectivity index (χ3n) is 4.00. The summed E-state index contributed by atoms with van der Waals surface area (Å²) in [6.07, 6.45) is 1.78. The van der Waals surface area contributed by atoms with Gasteiger partial charge in [0.05, 0.1) is 17.7 Å². The van der Waals surface area contributed by atoms with Gasteiger partial charge < -0.3 is 9.64 Å². The van der Waals surface area contributed by atoms with Crippen molar-refractivity contribution in [1.29, 1.82) is 0 Å². The normalized spacial score (nSPS) is 13.7. The minimum atomic E-state index is -1.08. The van der Waals surface area contributed by atoms with Gasteiger partial charge in [-0.15, -0.1) is 0 Å². The number of hydrogen-bond acceptors (Lipinski definition) is 2. The zero-order chi connectivity index (χ0) is 17.3. The van der Waals surface area contributed by atoms with Crippen LogP contribution in [0.4, 0.5) is 8.78 Å². The zero-order valence-corrected chi connectivity index (χ0v) is 13.8. The van der Waals surface area contributed by atoms with Crippen LogP contribution >= 0.6 is 11.6 Å². The second-order valence-corrected chi connectivity index (χ2v) is 6.17.